The number of hydrogen-bond acceptors (Lipinski definition) is 3. The number of benzene rings is 1. The number of hydrogen-bond donors (Lipinski definition) is 2. The Morgan fingerprint density at radius 1 is 1.36 bits per heavy atom. The number of carbonyl (C=O) groups excluding carboxylic acids is 1. The van der Waals surface area contributed by atoms with Gasteiger partial charge < -0.3 is 20.1 Å². The van der Waals surface area contributed by atoms with E-state index in [0.29, 0.717) is 24.7 Å². The Hall–Kier alpha value is -1.46. The highest BCUT2D eigenvalue weighted by molar-refractivity contribution is 6.30. The van der Waals surface area contributed by atoms with E-state index in [1.54, 1.807) is 11.0 Å². The van der Waals surface area contributed by atoms with Gasteiger partial charge in [-0.3, -0.25) is 0 Å². The lowest BCUT2D eigenvalue weighted by molar-refractivity contribution is 0.0832. The molecule has 2 amide bonds. The Balaban J connectivity index is 1.73. The van der Waals surface area contributed by atoms with Crippen LogP contribution in [0.2, 0.25) is 5.02 Å². The quantitative estimate of drug-likeness (QED) is 0.835. The van der Waals surface area contributed by atoms with Crippen molar-refractivity contribution in [1.82, 2.24) is 10.2 Å². The first-order chi connectivity index (χ1) is 10.6. The van der Waals surface area contributed by atoms with Crippen molar-refractivity contribution in [2.45, 2.75) is 37.8 Å². The summed E-state index contributed by atoms with van der Waals surface area (Å²) in [7, 11) is 0. The van der Waals surface area contributed by atoms with Crippen LogP contribution < -0.4 is 10.1 Å². The van der Waals surface area contributed by atoms with Gasteiger partial charge in [-0.05, 0) is 37.8 Å². The summed E-state index contributed by atoms with van der Waals surface area (Å²) in [5.41, 5.74) is 0.966. The maximum Gasteiger partial charge on any atom is 0.317 e. The molecule has 0 spiro atoms. The van der Waals surface area contributed by atoms with Gasteiger partial charge in [-0.15, -0.1) is 0 Å². The highest BCUT2D eigenvalue weighted by Gasteiger charge is 2.26. The number of carbonyl (C=O) groups is 1. The number of aliphatic hydroxyl groups is 1. The number of likely N-dealkylation sites (tertiary alicyclic amines) is 1. The molecule has 2 atom stereocenters. The molecule has 0 saturated carbocycles. The molecule has 5 nitrogen and oxygen atoms in total. The summed E-state index contributed by atoms with van der Waals surface area (Å²) in [5, 5.41) is 13.4. The molecule has 0 radical (unpaired) electrons. The van der Waals surface area contributed by atoms with Crippen LogP contribution in [0.4, 0.5) is 4.79 Å². The van der Waals surface area contributed by atoms with Crippen molar-refractivity contribution in [3.63, 3.8) is 0 Å². The van der Waals surface area contributed by atoms with E-state index in [9.17, 15) is 9.90 Å². The van der Waals surface area contributed by atoms with E-state index < -0.39 is 6.10 Å². The SMILES string of the molecule is O=C(NC1CCCOc2cc(Cl)ccc21)N1CCCC(O)C1. The average Bonchev–Trinajstić information content (AvgIpc) is 2.69. The average molecular weight is 325 g/mol. The number of fused-ring (bicyclic) bond motifs is 1. The standard InChI is InChI=1S/C16H21ClN2O3/c17-11-5-6-13-14(4-2-8-22-15(13)9-11)18-16(21)19-7-1-3-12(20)10-19/h5-6,9,12,14,20H,1-4,7-8,10H2,(H,18,21). The highest BCUT2D eigenvalue weighted by atomic mass is 35.5. The van der Waals surface area contributed by atoms with E-state index in [-0.39, 0.29) is 12.1 Å². The molecular weight excluding hydrogens is 304 g/mol. The van der Waals surface area contributed by atoms with Crippen molar-refractivity contribution in [3.8, 4) is 5.75 Å². The zero-order valence-corrected chi connectivity index (χ0v) is 13.2. The number of nitrogens with zero attached hydrogens (tertiary/aromatic N) is 1. The summed E-state index contributed by atoms with van der Waals surface area (Å²) in [5.74, 6) is 0.744. The molecule has 6 heteroatoms. The number of nitrogens with one attached hydrogen (secondary N) is 1. The van der Waals surface area contributed by atoms with Gasteiger partial charge >= 0.3 is 6.03 Å². The summed E-state index contributed by atoms with van der Waals surface area (Å²) < 4.78 is 5.71. The van der Waals surface area contributed by atoms with E-state index in [2.05, 4.69) is 5.32 Å². The van der Waals surface area contributed by atoms with Gasteiger partial charge in [0.1, 0.15) is 5.75 Å². The van der Waals surface area contributed by atoms with Crippen LogP contribution in [0.15, 0.2) is 18.2 Å². The lowest BCUT2D eigenvalue weighted by Gasteiger charge is -2.31. The monoisotopic (exact) mass is 324 g/mol. The van der Waals surface area contributed by atoms with Crippen molar-refractivity contribution >= 4 is 17.6 Å². The first-order valence-corrected chi connectivity index (χ1v) is 8.17. The molecule has 1 aromatic rings. The van der Waals surface area contributed by atoms with Crippen LogP contribution in [0.3, 0.4) is 0 Å². The molecule has 120 valence electrons. The van der Waals surface area contributed by atoms with Gasteiger partial charge in [-0.1, -0.05) is 17.7 Å². The van der Waals surface area contributed by atoms with E-state index in [0.717, 1.165) is 37.0 Å². The molecule has 1 fully saturated rings. The van der Waals surface area contributed by atoms with Crippen LogP contribution in [0.5, 0.6) is 5.75 Å². The fourth-order valence-electron chi connectivity index (χ4n) is 3.08. The van der Waals surface area contributed by atoms with E-state index in [1.165, 1.54) is 0 Å². The third-order valence-corrected chi connectivity index (χ3v) is 4.46. The molecule has 1 saturated heterocycles. The second-order valence-corrected chi connectivity index (χ2v) is 6.35. The normalized spacial score (nSPS) is 24.9. The van der Waals surface area contributed by atoms with Crippen molar-refractivity contribution in [2.24, 2.45) is 0 Å². The van der Waals surface area contributed by atoms with Crippen LogP contribution in [0.1, 0.15) is 37.3 Å². The van der Waals surface area contributed by atoms with Crippen molar-refractivity contribution in [3.05, 3.63) is 28.8 Å². The maximum absolute atomic E-state index is 12.4. The van der Waals surface area contributed by atoms with Crippen molar-refractivity contribution < 1.29 is 14.6 Å². The Morgan fingerprint density at radius 3 is 3.05 bits per heavy atom. The van der Waals surface area contributed by atoms with E-state index in [1.807, 2.05) is 12.1 Å². The van der Waals surface area contributed by atoms with E-state index in [4.69, 9.17) is 16.3 Å². The summed E-state index contributed by atoms with van der Waals surface area (Å²) in [6, 6.07) is 5.33. The first kappa shape index (κ1) is 15.4. The van der Waals surface area contributed by atoms with Crippen molar-refractivity contribution in [2.75, 3.05) is 19.7 Å². The van der Waals surface area contributed by atoms with Gasteiger partial charge in [-0.25, -0.2) is 4.79 Å². The Labute approximate surface area is 135 Å². The van der Waals surface area contributed by atoms with Gasteiger partial charge in [0.25, 0.3) is 0 Å². The third kappa shape index (κ3) is 3.47. The molecule has 0 aromatic heterocycles. The predicted molar refractivity (Wildman–Crippen MR) is 84.3 cm³/mol. The second kappa shape index (κ2) is 6.75. The number of piperidine rings is 1. The van der Waals surface area contributed by atoms with Gasteiger partial charge in [-0.2, -0.15) is 0 Å². The molecule has 2 aliphatic heterocycles. The molecule has 3 rings (SSSR count). The zero-order valence-electron chi connectivity index (χ0n) is 12.4. The van der Waals surface area contributed by atoms with Crippen LogP contribution in [-0.2, 0) is 0 Å². The lowest BCUT2D eigenvalue weighted by Crippen LogP contribution is -2.47. The summed E-state index contributed by atoms with van der Waals surface area (Å²) in [6.07, 6.45) is 2.90. The number of rotatable bonds is 1. The molecule has 2 heterocycles. The summed E-state index contributed by atoms with van der Waals surface area (Å²) in [4.78, 5) is 14.1. The maximum atomic E-state index is 12.4. The second-order valence-electron chi connectivity index (χ2n) is 5.92. The Bertz CT molecular complexity index is 552. The predicted octanol–water partition coefficient (Wildman–Crippen LogP) is 2.72. The highest BCUT2D eigenvalue weighted by Crippen LogP contribution is 2.33. The Kier molecular flexibility index (Phi) is 4.74. The minimum atomic E-state index is -0.414. The van der Waals surface area contributed by atoms with Crippen LogP contribution >= 0.6 is 11.6 Å². The number of halogens is 1. The number of β-amino-alcohol motifs (C(OH)–C–C–N with tert-alkyl or cyclic N) is 1. The van der Waals surface area contributed by atoms with Gasteiger partial charge in [0.05, 0.1) is 18.8 Å². The van der Waals surface area contributed by atoms with Crippen LogP contribution in [0.25, 0.3) is 0 Å². The molecule has 1 aromatic carbocycles. The lowest BCUT2D eigenvalue weighted by atomic mass is 10.0. The molecule has 0 bridgehead atoms. The number of urea groups is 1. The molecule has 2 aliphatic rings. The van der Waals surface area contributed by atoms with Gasteiger partial charge in [0.15, 0.2) is 0 Å². The summed E-state index contributed by atoms with van der Waals surface area (Å²) >= 11 is 6.02. The molecule has 22 heavy (non-hydrogen) atoms. The number of ether oxygens (including phenoxy) is 1. The molecule has 2 N–H and O–H groups in total. The fraction of sp³-hybridized carbons (Fsp3) is 0.562. The number of aliphatic hydroxyl groups excluding tert-OH is 1. The first-order valence-electron chi connectivity index (χ1n) is 7.79. The topological polar surface area (TPSA) is 61.8 Å². The Morgan fingerprint density at radius 2 is 2.23 bits per heavy atom. The minimum absolute atomic E-state index is 0.0821. The van der Waals surface area contributed by atoms with Gasteiger partial charge in [0, 0.05) is 23.7 Å². The number of amides is 2. The summed E-state index contributed by atoms with van der Waals surface area (Å²) in [6.45, 7) is 1.73. The van der Waals surface area contributed by atoms with Crippen LogP contribution in [0, 0.1) is 0 Å². The van der Waals surface area contributed by atoms with E-state index >= 15 is 0 Å². The van der Waals surface area contributed by atoms with Crippen molar-refractivity contribution in [1.29, 1.82) is 0 Å². The molecule has 0 aliphatic carbocycles. The molecule has 2 unspecified atom stereocenters. The smallest absolute Gasteiger partial charge is 0.317 e. The third-order valence-electron chi connectivity index (χ3n) is 4.23. The minimum Gasteiger partial charge on any atom is -0.493 e. The molecular formula is C16H21ClN2O3. The fourth-order valence-corrected chi connectivity index (χ4v) is 3.24. The van der Waals surface area contributed by atoms with Crippen LogP contribution in [-0.4, -0.2) is 41.8 Å². The zero-order chi connectivity index (χ0) is 15.5. The largest absolute Gasteiger partial charge is 0.493 e. The van der Waals surface area contributed by atoms with Gasteiger partial charge in [0.2, 0.25) is 0 Å².